The first-order valence-corrected chi connectivity index (χ1v) is 7.77. The number of nitrogens with one attached hydrogen (secondary N) is 1. The van der Waals surface area contributed by atoms with E-state index < -0.39 is 0 Å². The van der Waals surface area contributed by atoms with Crippen LogP contribution in [0.25, 0.3) is 0 Å². The number of ether oxygens (including phenoxy) is 1. The number of anilines is 1. The number of rotatable bonds is 4. The number of aromatic nitrogens is 2. The Bertz CT molecular complexity index is 782. The molecule has 0 aliphatic carbocycles. The van der Waals surface area contributed by atoms with Crippen molar-refractivity contribution in [3.05, 3.63) is 46.4 Å². The minimum Gasteiger partial charge on any atom is -0.456 e. The lowest BCUT2D eigenvalue weighted by molar-refractivity contribution is -0.0160. The molecule has 0 radical (unpaired) electrons. The number of nitrogens with zero attached hydrogens (tertiary/aromatic N) is 3. The summed E-state index contributed by atoms with van der Waals surface area (Å²) >= 11 is 0. The van der Waals surface area contributed by atoms with Crippen molar-refractivity contribution in [2.45, 2.75) is 13.0 Å². The van der Waals surface area contributed by atoms with Crippen LogP contribution in [0.15, 0.2) is 33.7 Å². The van der Waals surface area contributed by atoms with Gasteiger partial charge in [0.25, 0.3) is 11.5 Å². The summed E-state index contributed by atoms with van der Waals surface area (Å²) in [6.45, 7) is 3.58. The SMILES string of the molecule is Cc1ccc(C(=O)N2CCOC(CNc3nccn(C)c3=O)C2)o1. The molecule has 1 atom stereocenters. The van der Waals surface area contributed by atoms with Crippen molar-refractivity contribution >= 4 is 11.7 Å². The molecule has 0 bridgehead atoms. The zero-order chi connectivity index (χ0) is 17.1. The normalized spacial score (nSPS) is 17.8. The Morgan fingerprint density at radius 2 is 2.29 bits per heavy atom. The maximum Gasteiger partial charge on any atom is 0.293 e. The van der Waals surface area contributed by atoms with Crippen LogP contribution in [-0.4, -0.2) is 52.7 Å². The van der Waals surface area contributed by atoms with Crippen molar-refractivity contribution in [3.63, 3.8) is 0 Å². The second-order valence-corrected chi connectivity index (χ2v) is 5.73. The van der Waals surface area contributed by atoms with Gasteiger partial charge in [-0.2, -0.15) is 0 Å². The molecule has 1 aliphatic heterocycles. The van der Waals surface area contributed by atoms with Crippen LogP contribution in [0.4, 0.5) is 5.82 Å². The zero-order valence-electron chi connectivity index (χ0n) is 13.7. The Kier molecular flexibility index (Phi) is 4.66. The van der Waals surface area contributed by atoms with E-state index in [1.165, 1.54) is 4.57 Å². The Labute approximate surface area is 139 Å². The number of furan rings is 1. The first kappa shape index (κ1) is 16.3. The molecule has 8 heteroatoms. The summed E-state index contributed by atoms with van der Waals surface area (Å²) in [5, 5.41) is 3.00. The molecule has 1 N–H and O–H groups in total. The second kappa shape index (κ2) is 6.88. The fraction of sp³-hybridized carbons (Fsp3) is 0.438. The summed E-state index contributed by atoms with van der Waals surface area (Å²) in [4.78, 5) is 30.1. The number of hydrogen-bond acceptors (Lipinski definition) is 6. The van der Waals surface area contributed by atoms with Crippen LogP contribution < -0.4 is 10.9 Å². The van der Waals surface area contributed by atoms with Gasteiger partial charge >= 0.3 is 0 Å². The highest BCUT2D eigenvalue weighted by atomic mass is 16.5. The number of morpholine rings is 1. The lowest BCUT2D eigenvalue weighted by atomic mass is 10.2. The molecule has 3 heterocycles. The lowest BCUT2D eigenvalue weighted by Gasteiger charge is -2.32. The maximum absolute atomic E-state index is 12.4. The Morgan fingerprint density at radius 1 is 1.46 bits per heavy atom. The van der Waals surface area contributed by atoms with Crippen LogP contribution in [0.1, 0.15) is 16.3 Å². The summed E-state index contributed by atoms with van der Waals surface area (Å²) in [5.74, 6) is 1.16. The van der Waals surface area contributed by atoms with E-state index >= 15 is 0 Å². The molecule has 128 valence electrons. The molecule has 8 nitrogen and oxygen atoms in total. The minimum absolute atomic E-state index is 0.148. The third-order valence-corrected chi connectivity index (χ3v) is 3.89. The molecule has 0 saturated carbocycles. The average Bonchev–Trinajstić information content (AvgIpc) is 3.02. The molecule has 0 spiro atoms. The first-order valence-electron chi connectivity index (χ1n) is 7.77. The molecular weight excluding hydrogens is 312 g/mol. The number of hydrogen-bond donors (Lipinski definition) is 1. The van der Waals surface area contributed by atoms with Crippen molar-refractivity contribution in [1.82, 2.24) is 14.5 Å². The van der Waals surface area contributed by atoms with Crippen molar-refractivity contribution in [1.29, 1.82) is 0 Å². The number of aryl methyl sites for hydroxylation is 2. The lowest BCUT2D eigenvalue weighted by Crippen LogP contribution is -2.48. The van der Waals surface area contributed by atoms with Crippen LogP contribution in [-0.2, 0) is 11.8 Å². The number of amides is 1. The predicted molar refractivity (Wildman–Crippen MR) is 87.1 cm³/mol. The van der Waals surface area contributed by atoms with Crippen molar-refractivity contribution in [2.24, 2.45) is 7.05 Å². The van der Waals surface area contributed by atoms with Gasteiger partial charge in [-0.25, -0.2) is 4.98 Å². The highest BCUT2D eigenvalue weighted by Crippen LogP contribution is 2.13. The van der Waals surface area contributed by atoms with Gasteiger partial charge in [0.1, 0.15) is 5.76 Å². The fourth-order valence-corrected chi connectivity index (χ4v) is 2.56. The van der Waals surface area contributed by atoms with Gasteiger partial charge in [0.2, 0.25) is 0 Å². The van der Waals surface area contributed by atoms with Crippen molar-refractivity contribution < 1.29 is 13.9 Å². The van der Waals surface area contributed by atoms with Gasteiger partial charge in [0.15, 0.2) is 11.6 Å². The molecule has 1 unspecified atom stereocenters. The third kappa shape index (κ3) is 3.48. The highest BCUT2D eigenvalue weighted by Gasteiger charge is 2.26. The van der Waals surface area contributed by atoms with Crippen LogP contribution in [0.5, 0.6) is 0 Å². The monoisotopic (exact) mass is 332 g/mol. The molecule has 24 heavy (non-hydrogen) atoms. The molecule has 1 saturated heterocycles. The minimum atomic E-state index is -0.217. The maximum atomic E-state index is 12.4. The van der Waals surface area contributed by atoms with Gasteiger partial charge in [-0.1, -0.05) is 0 Å². The molecule has 1 amide bonds. The molecule has 1 fully saturated rings. The van der Waals surface area contributed by atoms with E-state index in [9.17, 15) is 9.59 Å². The molecule has 1 aliphatic rings. The highest BCUT2D eigenvalue weighted by molar-refractivity contribution is 5.91. The summed E-state index contributed by atoms with van der Waals surface area (Å²) in [6.07, 6.45) is 2.93. The van der Waals surface area contributed by atoms with Crippen LogP contribution in [0.3, 0.4) is 0 Å². The molecule has 2 aromatic rings. The second-order valence-electron chi connectivity index (χ2n) is 5.73. The van der Waals surface area contributed by atoms with E-state index in [1.54, 1.807) is 43.4 Å². The summed E-state index contributed by atoms with van der Waals surface area (Å²) in [7, 11) is 1.66. The summed E-state index contributed by atoms with van der Waals surface area (Å²) in [6, 6.07) is 3.45. The molecule has 2 aromatic heterocycles. The molecular formula is C16H20N4O4. The van der Waals surface area contributed by atoms with E-state index in [2.05, 4.69) is 10.3 Å². The Hall–Kier alpha value is -2.61. The standard InChI is InChI=1S/C16H20N4O4/c1-11-3-4-13(24-11)15(21)20-7-8-23-12(10-20)9-18-14-16(22)19(2)6-5-17-14/h3-6,12H,7-10H2,1-2H3,(H,17,18). The third-order valence-electron chi connectivity index (χ3n) is 3.89. The van der Waals surface area contributed by atoms with E-state index in [-0.39, 0.29) is 23.4 Å². The predicted octanol–water partition coefficient (Wildman–Crippen LogP) is 0.635. The van der Waals surface area contributed by atoms with Gasteiger partial charge in [0.05, 0.1) is 12.7 Å². The summed E-state index contributed by atoms with van der Waals surface area (Å²) in [5.41, 5.74) is -0.202. The van der Waals surface area contributed by atoms with Crippen molar-refractivity contribution in [3.8, 4) is 0 Å². The molecule has 3 rings (SSSR count). The number of carbonyl (C=O) groups excluding carboxylic acids is 1. The molecule has 0 aromatic carbocycles. The smallest absolute Gasteiger partial charge is 0.293 e. The van der Waals surface area contributed by atoms with Gasteiger partial charge in [-0.3, -0.25) is 9.59 Å². The van der Waals surface area contributed by atoms with Crippen molar-refractivity contribution in [2.75, 3.05) is 31.6 Å². The van der Waals surface area contributed by atoms with E-state index in [4.69, 9.17) is 9.15 Å². The fourth-order valence-electron chi connectivity index (χ4n) is 2.56. The average molecular weight is 332 g/mol. The van der Waals surface area contributed by atoms with Crippen LogP contribution in [0, 0.1) is 6.92 Å². The van der Waals surface area contributed by atoms with Crippen LogP contribution in [0.2, 0.25) is 0 Å². The van der Waals surface area contributed by atoms with Gasteiger partial charge in [-0.05, 0) is 19.1 Å². The van der Waals surface area contributed by atoms with E-state index in [1.807, 2.05) is 0 Å². The van der Waals surface area contributed by atoms with Gasteiger partial charge < -0.3 is 23.9 Å². The van der Waals surface area contributed by atoms with Crippen LogP contribution >= 0.6 is 0 Å². The first-order chi connectivity index (χ1) is 11.5. The van der Waals surface area contributed by atoms with E-state index in [0.29, 0.717) is 37.8 Å². The number of carbonyl (C=O) groups is 1. The zero-order valence-corrected chi connectivity index (χ0v) is 13.7. The Balaban J connectivity index is 1.60. The largest absolute Gasteiger partial charge is 0.456 e. The summed E-state index contributed by atoms with van der Waals surface area (Å²) < 4.78 is 12.5. The Morgan fingerprint density at radius 3 is 3.04 bits per heavy atom. The van der Waals surface area contributed by atoms with E-state index in [0.717, 1.165) is 0 Å². The van der Waals surface area contributed by atoms with Gasteiger partial charge in [-0.15, -0.1) is 0 Å². The quantitative estimate of drug-likeness (QED) is 0.883. The van der Waals surface area contributed by atoms with Gasteiger partial charge in [0, 0.05) is 39.1 Å². The topological polar surface area (TPSA) is 89.6 Å².